The number of carbonyl (C=O) groups excluding carboxylic acids is 2. The van der Waals surface area contributed by atoms with E-state index in [1.54, 1.807) is 42.5 Å². The molecule has 0 aromatic heterocycles. The van der Waals surface area contributed by atoms with Crippen molar-refractivity contribution >= 4 is 46.6 Å². The van der Waals surface area contributed by atoms with Crippen LogP contribution in [-0.2, 0) is 22.6 Å². The summed E-state index contributed by atoms with van der Waals surface area (Å²) in [6.07, 6.45) is 0.319. The minimum atomic E-state index is -0.806. The van der Waals surface area contributed by atoms with Crippen LogP contribution >= 0.6 is 34.8 Å². The Morgan fingerprint density at radius 1 is 0.889 bits per heavy atom. The molecule has 0 spiro atoms. The van der Waals surface area contributed by atoms with E-state index < -0.39 is 6.04 Å². The zero-order valence-corrected chi connectivity index (χ0v) is 22.5. The van der Waals surface area contributed by atoms with Gasteiger partial charge in [-0.25, -0.2) is 0 Å². The number of hydrogen-bond donors (Lipinski definition) is 1. The van der Waals surface area contributed by atoms with Gasteiger partial charge in [0, 0.05) is 40.1 Å². The minimum Gasteiger partial charge on any atom is -0.484 e. The Morgan fingerprint density at radius 2 is 1.53 bits per heavy atom. The molecule has 1 atom stereocenters. The molecular formula is C28H29Cl3N2O3. The molecule has 0 aliphatic rings. The van der Waals surface area contributed by atoms with Crippen LogP contribution in [0, 0.1) is 5.92 Å². The zero-order valence-electron chi connectivity index (χ0n) is 20.2. The number of benzene rings is 3. The predicted molar refractivity (Wildman–Crippen MR) is 146 cm³/mol. The molecule has 8 heteroatoms. The first-order valence-electron chi connectivity index (χ1n) is 11.7. The molecule has 2 amide bonds. The van der Waals surface area contributed by atoms with Gasteiger partial charge in [-0.1, -0.05) is 85.0 Å². The number of ether oxygens (including phenoxy) is 1. The normalized spacial score (nSPS) is 11.7. The van der Waals surface area contributed by atoms with Crippen molar-refractivity contribution in [2.24, 2.45) is 5.92 Å². The number of nitrogens with zero attached hydrogens (tertiary/aromatic N) is 1. The van der Waals surface area contributed by atoms with Crippen LogP contribution in [0.5, 0.6) is 5.75 Å². The maximum atomic E-state index is 13.6. The fourth-order valence-electron chi connectivity index (χ4n) is 3.59. The van der Waals surface area contributed by atoms with Gasteiger partial charge in [0.15, 0.2) is 6.61 Å². The van der Waals surface area contributed by atoms with Crippen LogP contribution in [0.3, 0.4) is 0 Å². The van der Waals surface area contributed by atoms with E-state index in [0.29, 0.717) is 39.3 Å². The quantitative estimate of drug-likeness (QED) is 0.301. The van der Waals surface area contributed by atoms with Crippen molar-refractivity contribution in [3.05, 3.63) is 99.0 Å². The molecule has 0 fully saturated rings. The smallest absolute Gasteiger partial charge is 0.261 e. The predicted octanol–water partition coefficient (Wildman–Crippen LogP) is 6.44. The number of rotatable bonds is 11. The molecule has 36 heavy (non-hydrogen) atoms. The van der Waals surface area contributed by atoms with Crippen molar-refractivity contribution in [1.29, 1.82) is 0 Å². The molecule has 0 bridgehead atoms. The Morgan fingerprint density at radius 3 is 2.14 bits per heavy atom. The Kier molecular flexibility index (Phi) is 10.5. The molecule has 0 aliphatic carbocycles. The van der Waals surface area contributed by atoms with Crippen LogP contribution in [0.1, 0.15) is 25.0 Å². The van der Waals surface area contributed by atoms with Crippen LogP contribution in [0.25, 0.3) is 0 Å². The summed E-state index contributed by atoms with van der Waals surface area (Å²) in [6, 6.07) is 20.6. The summed E-state index contributed by atoms with van der Waals surface area (Å²) in [5, 5.41) is 4.38. The third kappa shape index (κ3) is 8.16. The molecule has 1 N–H and O–H groups in total. The van der Waals surface area contributed by atoms with Gasteiger partial charge in [-0.05, 0) is 47.9 Å². The van der Waals surface area contributed by atoms with E-state index in [0.717, 1.165) is 5.56 Å². The van der Waals surface area contributed by atoms with Gasteiger partial charge in [0.1, 0.15) is 11.8 Å². The van der Waals surface area contributed by atoms with Crippen LogP contribution in [0.15, 0.2) is 72.8 Å². The highest BCUT2D eigenvalue weighted by molar-refractivity contribution is 6.36. The van der Waals surface area contributed by atoms with Crippen molar-refractivity contribution < 1.29 is 14.3 Å². The third-order valence-electron chi connectivity index (χ3n) is 5.52. The van der Waals surface area contributed by atoms with Gasteiger partial charge in [-0.15, -0.1) is 0 Å². The summed E-state index contributed by atoms with van der Waals surface area (Å²) >= 11 is 18.8. The average molecular weight is 548 g/mol. The molecule has 0 saturated heterocycles. The fraction of sp³-hybridized carbons (Fsp3) is 0.286. The Balaban J connectivity index is 1.94. The van der Waals surface area contributed by atoms with Gasteiger partial charge in [0.25, 0.3) is 5.91 Å². The largest absolute Gasteiger partial charge is 0.484 e. The summed E-state index contributed by atoms with van der Waals surface area (Å²) in [6.45, 7) is 4.29. The first-order chi connectivity index (χ1) is 17.2. The maximum absolute atomic E-state index is 13.6. The Labute approximate surface area is 227 Å². The monoisotopic (exact) mass is 546 g/mol. The molecule has 3 aromatic carbocycles. The highest BCUT2D eigenvalue weighted by Crippen LogP contribution is 2.27. The topological polar surface area (TPSA) is 58.6 Å². The van der Waals surface area contributed by atoms with E-state index in [1.807, 2.05) is 44.2 Å². The molecule has 0 radical (unpaired) electrons. The Hall–Kier alpha value is -2.73. The summed E-state index contributed by atoms with van der Waals surface area (Å²) in [5.74, 6) is 0.117. The van der Waals surface area contributed by atoms with Crippen molar-refractivity contribution in [3.8, 4) is 5.75 Å². The van der Waals surface area contributed by atoms with E-state index in [2.05, 4.69) is 5.32 Å². The van der Waals surface area contributed by atoms with Crippen molar-refractivity contribution in [2.45, 2.75) is 32.9 Å². The number of amides is 2. The molecule has 190 valence electrons. The molecule has 0 heterocycles. The lowest BCUT2D eigenvalue weighted by atomic mass is 10.0. The van der Waals surface area contributed by atoms with Crippen molar-refractivity contribution in [2.75, 3.05) is 13.2 Å². The number of halogens is 3. The SMILES string of the molecule is CC(C)CNC(=O)C(Cc1ccccc1)N(Cc1c(Cl)cccc1Cl)C(=O)COc1ccc(Cl)cc1. The minimum absolute atomic E-state index is 0.0495. The van der Waals surface area contributed by atoms with E-state index >= 15 is 0 Å². The highest BCUT2D eigenvalue weighted by atomic mass is 35.5. The first kappa shape index (κ1) is 27.9. The van der Waals surface area contributed by atoms with Crippen molar-refractivity contribution in [1.82, 2.24) is 10.2 Å². The molecule has 0 aliphatic heterocycles. The van der Waals surface area contributed by atoms with Gasteiger partial charge >= 0.3 is 0 Å². The summed E-state index contributed by atoms with van der Waals surface area (Å²) in [5.41, 5.74) is 1.49. The zero-order chi connectivity index (χ0) is 26.1. The Bertz CT molecular complexity index is 1130. The van der Waals surface area contributed by atoms with Crippen LogP contribution in [0.4, 0.5) is 0 Å². The van der Waals surface area contributed by atoms with Crippen LogP contribution < -0.4 is 10.1 Å². The molecule has 3 aromatic rings. The lowest BCUT2D eigenvalue weighted by molar-refractivity contribution is -0.142. The highest BCUT2D eigenvalue weighted by Gasteiger charge is 2.31. The summed E-state index contributed by atoms with van der Waals surface area (Å²) in [4.78, 5) is 28.5. The van der Waals surface area contributed by atoms with Crippen LogP contribution in [-0.4, -0.2) is 35.9 Å². The fourth-order valence-corrected chi connectivity index (χ4v) is 4.23. The van der Waals surface area contributed by atoms with E-state index in [1.165, 1.54) is 4.90 Å². The molecular weight excluding hydrogens is 519 g/mol. The van der Waals surface area contributed by atoms with Gasteiger partial charge in [-0.3, -0.25) is 9.59 Å². The lowest BCUT2D eigenvalue weighted by Crippen LogP contribution is -2.52. The second kappa shape index (κ2) is 13.5. The van der Waals surface area contributed by atoms with Crippen LogP contribution in [0.2, 0.25) is 15.1 Å². The van der Waals surface area contributed by atoms with E-state index in [9.17, 15) is 9.59 Å². The van der Waals surface area contributed by atoms with Crippen molar-refractivity contribution in [3.63, 3.8) is 0 Å². The van der Waals surface area contributed by atoms with Gasteiger partial charge in [0.05, 0.1) is 0 Å². The molecule has 5 nitrogen and oxygen atoms in total. The van der Waals surface area contributed by atoms with Gasteiger partial charge in [0.2, 0.25) is 5.91 Å². The molecule has 3 rings (SSSR count). The molecule has 1 unspecified atom stereocenters. The second-order valence-corrected chi connectivity index (χ2v) is 10.1. The maximum Gasteiger partial charge on any atom is 0.261 e. The first-order valence-corrected chi connectivity index (χ1v) is 12.8. The number of hydrogen-bond acceptors (Lipinski definition) is 3. The van der Waals surface area contributed by atoms with E-state index in [4.69, 9.17) is 39.5 Å². The summed E-state index contributed by atoms with van der Waals surface area (Å²) in [7, 11) is 0. The standard InChI is InChI=1S/C28H29Cl3N2O3/c1-19(2)16-32-28(35)26(15-20-7-4-3-5-8-20)33(17-23-24(30)9-6-10-25(23)31)27(34)18-36-22-13-11-21(29)12-14-22/h3-14,19,26H,15-18H2,1-2H3,(H,32,35). The summed E-state index contributed by atoms with van der Waals surface area (Å²) < 4.78 is 5.73. The number of carbonyl (C=O) groups is 2. The molecule has 0 saturated carbocycles. The third-order valence-corrected chi connectivity index (χ3v) is 6.48. The number of nitrogens with one attached hydrogen (secondary N) is 1. The van der Waals surface area contributed by atoms with Gasteiger partial charge in [-0.2, -0.15) is 0 Å². The van der Waals surface area contributed by atoms with E-state index in [-0.39, 0.29) is 30.9 Å². The average Bonchev–Trinajstić information content (AvgIpc) is 2.86. The lowest BCUT2D eigenvalue weighted by Gasteiger charge is -2.32. The van der Waals surface area contributed by atoms with Gasteiger partial charge < -0.3 is 15.0 Å². The second-order valence-electron chi connectivity index (χ2n) is 8.81.